The normalized spacial score (nSPS) is 37.4. The Kier molecular flexibility index (Phi) is 4.16. The Hall–Kier alpha value is -0.120. The van der Waals surface area contributed by atoms with E-state index >= 15 is 0 Å². The molecular formula is C10H20O3. The maximum Gasteiger partial charge on any atom is 0.0745 e. The van der Waals surface area contributed by atoms with Gasteiger partial charge in [0.05, 0.1) is 31.0 Å². The van der Waals surface area contributed by atoms with Crippen LogP contribution in [0.25, 0.3) is 0 Å². The minimum Gasteiger partial charge on any atom is -0.391 e. The van der Waals surface area contributed by atoms with Gasteiger partial charge in [0.2, 0.25) is 0 Å². The summed E-state index contributed by atoms with van der Waals surface area (Å²) >= 11 is 0. The molecule has 0 aromatic heterocycles. The van der Waals surface area contributed by atoms with Crippen LogP contribution in [0.1, 0.15) is 33.6 Å². The fourth-order valence-corrected chi connectivity index (χ4v) is 1.76. The van der Waals surface area contributed by atoms with E-state index in [-0.39, 0.29) is 24.4 Å². The van der Waals surface area contributed by atoms with Crippen LogP contribution in [0, 0.1) is 0 Å². The molecule has 0 saturated carbocycles. The zero-order chi connectivity index (χ0) is 9.84. The van der Waals surface area contributed by atoms with Crippen LogP contribution in [-0.2, 0) is 9.47 Å². The first-order valence-corrected chi connectivity index (χ1v) is 5.03. The standard InChI is InChI=1S/C10H20O3/c1-7(11)6-12-10-4-8(2)13-9(3)5-10/h7-11H,4-6H2,1-3H3/t7-,8?,9?,10?/m1/s1. The molecule has 1 fully saturated rings. The molecule has 3 atom stereocenters. The van der Waals surface area contributed by atoms with Gasteiger partial charge in [-0.2, -0.15) is 0 Å². The first-order chi connectivity index (χ1) is 6.08. The number of hydrogen-bond acceptors (Lipinski definition) is 3. The highest BCUT2D eigenvalue weighted by Gasteiger charge is 2.24. The van der Waals surface area contributed by atoms with Gasteiger partial charge in [0.1, 0.15) is 0 Å². The summed E-state index contributed by atoms with van der Waals surface area (Å²) in [6, 6.07) is 0. The Morgan fingerprint density at radius 2 is 1.92 bits per heavy atom. The Labute approximate surface area is 80.0 Å². The van der Waals surface area contributed by atoms with Crippen molar-refractivity contribution in [3.63, 3.8) is 0 Å². The maximum absolute atomic E-state index is 9.06. The summed E-state index contributed by atoms with van der Waals surface area (Å²) < 4.78 is 11.1. The van der Waals surface area contributed by atoms with Crippen molar-refractivity contribution < 1.29 is 14.6 Å². The first kappa shape index (κ1) is 11.0. The van der Waals surface area contributed by atoms with Crippen LogP contribution >= 0.6 is 0 Å². The molecule has 3 heteroatoms. The molecule has 0 aromatic carbocycles. The van der Waals surface area contributed by atoms with E-state index in [1.54, 1.807) is 6.92 Å². The monoisotopic (exact) mass is 188 g/mol. The molecule has 3 nitrogen and oxygen atoms in total. The van der Waals surface area contributed by atoms with E-state index in [9.17, 15) is 0 Å². The summed E-state index contributed by atoms with van der Waals surface area (Å²) in [5.41, 5.74) is 0. The van der Waals surface area contributed by atoms with Crippen LogP contribution in [-0.4, -0.2) is 36.1 Å². The summed E-state index contributed by atoms with van der Waals surface area (Å²) in [6.07, 6.45) is 2.33. The van der Waals surface area contributed by atoms with Crippen molar-refractivity contribution in [2.75, 3.05) is 6.61 Å². The topological polar surface area (TPSA) is 38.7 Å². The minimum absolute atomic E-state index is 0.258. The number of rotatable bonds is 3. The molecule has 0 spiro atoms. The zero-order valence-corrected chi connectivity index (χ0v) is 8.69. The van der Waals surface area contributed by atoms with Crippen molar-refractivity contribution in [2.45, 2.75) is 58.0 Å². The van der Waals surface area contributed by atoms with Gasteiger partial charge in [-0.3, -0.25) is 0 Å². The molecule has 13 heavy (non-hydrogen) atoms. The average molecular weight is 188 g/mol. The smallest absolute Gasteiger partial charge is 0.0745 e. The number of aliphatic hydroxyl groups excluding tert-OH is 1. The van der Waals surface area contributed by atoms with Gasteiger partial charge in [0.15, 0.2) is 0 Å². The molecule has 1 saturated heterocycles. The molecule has 0 aliphatic carbocycles. The SMILES string of the molecule is CC1CC(OC[C@@H](C)O)CC(C)O1. The van der Waals surface area contributed by atoms with Crippen molar-refractivity contribution in [2.24, 2.45) is 0 Å². The lowest BCUT2D eigenvalue weighted by Gasteiger charge is -2.32. The summed E-state index contributed by atoms with van der Waals surface area (Å²) in [7, 11) is 0. The van der Waals surface area contributed by atoms with Crippen molar-refractivity contribution in [3.8, 4) is 0 Å². The molecule has 1 rings (SSSR count). The van der Waals surface area contributed by atoms with Crippen LogP contribution in [0.15, 0.2) is 0 Å². The van der Waals surface area contributed by atoms with E-state index in [1.807, 2.05) is 0 Å². The fourth-order valence-electron chi connectivity index (χ4n) is 1.76. The number of hydrogen-bond donors (Lipinski definition) is 1. The highest BCUT2D eigenvalue weighted by Crippen LogP contribution is 2.21. The first-order valence-electron chi connectivity index (χ1n) is 5.03. The van der Waals surface area contributed by atoms with E-state index in [0.717, 1.165) is 12.8 Å². The second-order valence-electron chi connectivity index (χ2n) is 4.03. The van der Waals surface area contributed by atoms with Gasteiger partial charge in [0, 0.05) is 0 Å². The maximum atomic E-state index is 9.06. The largest absolute Gasteiger partial charge is 0.391 e. The molecule has 1 N–H and O–H groups in total. The summed E-state index contributed by atoms with van der Waals surface area (Å²) in [6.45, 7) is 6.30. The third-order valence-corrected chi connectivity index (χ3v) is 2.23. The molecule has 2 unspecified atom stereocenters. The van der Waals surface area contributed by atoms with Crippen LogP contribution in [0.5, 0.6) is 0 Å². The van der Waals surface area contributed by atoms with E-state index in [4.69, 9.17) is 14.6 Å². The predicted molar refractivity (Wildman–Crippen MR) is 50.7 cm³/mol. The van der Waals surface area contributed by atoms with E-state index in [2.05, 4.69) is 13.8 Å². The van der Waals surface area contributed by atoms with Crippen molar-refractivity contribution in [1.29, 1.82) is 0 Å². The summed E-state index contributed by atoms with van der Waals surface area (Å²) in [5, 5.41) is 9.06. The second-order valence-corrected chi connectivity index (χ2v) is 4.03. The molecule has 0 amide bonds. The second kappa shape index (κ2) is 4.94. The Morgan fingerprint density at radius 1 is 1.38 bits per heavy atom. The minimum atomic E-state index is -0.367. The highest BCUT2D eigenvalue weighted by atomic mass is 16.5. The van der Waals surface area contributed by atoms with Gasteiger partial charge in [-0.1, -0.05) is 0 Å². The Balaban J connectivity index is 2.25. The van der Waals surface area contributed by atoms with Crippen LogP contribution in [0.4, 0.5) is 0 Å². The third kappa shape index (κ3) is 4.07. The fraction of sp³-hybridized carbons (Fsp3) is 1.00. The Bertz CT molecular complexity index is 137. The van der Waals surface area contributed by atoms with Crippen molar-refractivity contribution in [1.82, 2.24) is 0 Å². The van der Waals surface area contributed by atoms with E-state index < -0.39 is 0 Å². The number of aliphatic hydroxyl groups is 1. The van der Waals surface area contributed by atoms with Gasteiger partial charge >= 0.3 is 0 Å². The third-order valence-electron chi connectivity index (χ3n) is 2.23. The lowest BCUT2D eigenvalue weighted by Crippen LogP contribution is -2.35. The molecular weight excluding hydrogens is 168 g/mol. The lowest BCUT2D eigenvalue weighted by atomic mass is 10.0. The average Bonchev–Trinajstić information content (AvgIpc) is 1.99. The molecule has 0 bridgehead atoms. The molecule has 0 radical (unpaired) electrons. The van der Waals surface area contributed by atoms with E-state index in [1.165, 1.54) is 0 Å². The van der Waals surface area contributed by atoms with Crippen LogP contribution < -0.4 is 0 Å². The van der Waals surface area contributed by atoms with Gasteiger partial charge in [-0.25, -0.2) is 0 Å². The predicted octanol–water partition coefficient (Wildman–Crippen LogP) is 1.34. The number of ether oxygens (including phenoxy) is 2. The molecule has 1 aliphatic rings. The van der Waals surface area contributed by atoms with E-state index in [0.29, 0.717) is 6.61 Å². The molecule has 0 aromatic rings. The van der Waals surface area contributed by atoms with Gasteiger partial charge < -0.3 is 14.6 Å². The van der Waals surface area contributed by atoms with Gasteiger partial charge in [-0.05, 0) is 33.6 Å². The lowest BCUT2D eigenvalue weighted by molar-refractivity contribution is -0.112. The molecule has 1 heterocycles. The van der Waals surface area contributed by atoms with Crippen LogP contribution in [0.2, 0.25) is 0 Å². The summed E-state index contributed by atoms with van der Waals surface area (Å²) in [4.78, 5) is 0. The Morgan fingerprint density at radius 3 is 2.38 bits per heavy atom. The molecule has 78 valence electrons. The quantitative estimate of drug-likeness (QED) is 0.726. The zero-order valence-electron chi connectivity index (χ0n) is 8.69. The van der Waals surface area contributed by atoms with Gasteiger partial charge in [0.25, 0.3) is 0 Å². The van der Waals surface area contributed by atoms with Crippen molar-refractivity contribution >= 4 is 0 Å². The van der Waals surface area contributed by atoms with Gasteiger partial charge in [-0.15, -0.1) is 0 Å². The van der Waals surface area contributed by atoms with Crippen LogP contribution in [0.3, 0.4) is 0 Å². The summed E-state index contributed by atoms with van der Waals surface area (Å²) in [5.74, 6) is 0. The molecule has 1 aliphatic heterocycles. The highest BCUT2D eigenvalue weighted by molar-refractivity contribution is 4.73. The van der Waals surface area contributed by atoms with Crippen molar-refractivity contribution in [3.05, 3.63) is 0 Å².